The Bertz CT molecular complexity index is 476. The van der Waals surface area contributed by atoms with E-state index in [2.05, 4.69) is 10.9 Å². The number of halogens is 1. The van der Waals surface area contributed by atoms with Crippen LogP contribution in [0.4, 0.5) is 4.39 Å². The molecular formula is C11H8FN. The van der Waals surface area contributed by atoms with Crippen molar-refractivity contribution in [3.8, 4) is 12.3 Å². The number of terminal acetylenes is 1. The summed E-state index contributed by atoms with van der Waals surface area (Å²) in [5, 5.41) is 0.999. The zero-order chi connectivity index (χ0) is 9.26. The smallest absolute Gasteiger partial charge is 0.125 e. The van der Waals surface area contributed by atoms with Crippen molar-refractivity contribution in [3.63, 3.8) is 0 Å². The van der Waals surface area contributed by atoms with Gasteiger partial charge in [-0.25, -0.2) is 4.39 Å². The molecular weight excluding hydrogens is 165 g/mol. The average Bonchev–Trinajstić information content (AvgIpc) is 2.49. The van der Waals surface area contributed by atoms with E-state index in [1.165, 1.54) is 12.1 Å². The van der Waals surface area contributed by atoms with E-state index in [4.69, 9.17) is 6.42 Å². The van der Waals surface area contributed by atoms with E-state index >= 15 is 0 Å². The maximum absolute atomic E-state index is 12.8. The fourth-order valence-corrected chi connectivity index (χ4v) is 1.41. The Kier molecular flexibility index (Phi) is 1.79. The molecule has 2 aromatic rings. The van der Waals surface area contributed by atoms with Crippen LogP contribution in [-0.2, 0) is 6.42 Å². The molecule has 0 aliphatic rings. The average molecular weight is 173 g/mol. The molecule has 13 heavy (non-hydrogen) atoms. The lowest BCUT2D eigenvalue weighted by Gasteiger charge is -1.92. The second kappa shape index (κ2) is 2.95. The molecule has 2 rings (SSSR count). The van der Waals surface area contributed by atoms with E-state index in [9.17, 15) is 4.39 Å². The Morgan fingerprint density at radius 1 is 1.46 bits per heavy atom. The zero-order valence-corrected chi connectivity index (χ0v) is 6.97. The highest BCUT2D eigenvalue weighted by molar-refractivity contribution is 5.83. The van der Waals surface area contributed by atoms with Crippen molar-refractivity contribution in [3.05, 3.63) is 35.8 Å². The van der Waals surface area contributed by atoms with E-state index < -0.39 is 0 Å². The number of H-pyrrole nitrogens is 1. The number of benzene rings is 1. The van der Waals surface area contributed by atoms with Gasteiger partial charge in [0.2, 0.25) is 0 Å². The summed E-state index contributed by atoms with van der Waals surface area (Å²) in [5.41, 5.74) is 1.84. The van der Waals surface area contributed by atoms with Crippen molar-refractivity contribution in [2.75, 3.05) is 0 Å². The van der Waals surface area contributed by atoms with Crippen molar-refractivity contribution < 1.29 is 4.39 Å². The summed E-state index contributed by atoms with van der Waals surface area (Å²) in [6, 6.07) is 4.65. The number of aromatic amines is 1. The van der Waals surface area contributed by atoms with E-state index in [1.54, 1.807) is 6.07 Å². The maximum Gasteiger partial charge on any atom is 0.125 e. The van der Waals surface area contributed by atoms with Gasteiger partial charge in [-0.05, 0) is 23.8 Å². The maximum atomic E-state index is 12.8. The van der Waals surface area contributed by atoms with Gasteiger partial charge in [-0.2, -0.15) is 0 Å². The van der Waals surface area contributed by atoms with Crippen LogP contribution in [0, 0.1) is 18.2 Å². The van der Waals surface area contributed by atoms with Crippen molar-refractivity contribution in [2.24, 2.45) is 0 Å². The van der Waals surface area contributed by atoms with Crippen LogP contribution in [0.5, 0.6) is 0 Å². The van der Waals surface area contributed by atoms with E-state index in [-0.39, 0.29) is 5.82 Å². The van der Waals surface area contributed by atoms with Crippen LogP contribution in [0.2, 0.25) is 0 Å². The molecule has 0 unspecified atom stereocenters. The van der Waals surface area contributed by atoms with Gasteiger partial charge in [-0.15, -0.1) is 12.3 Å². The van der Waals surface area contributed by atoms with Crippen LogP contribution in [0.1, 0.15) is 5.56 Å². The number of hydrogen-bond acceptors (Lipinski definition) is 0. The number of nitrogens with one attached hydrogen (secondary N) is 1. The normalized spacial score (nSPS) is 10.2. The number of rotatable bonds is 1. The Morgan fingerprint density at radius 2 is 2.31 bits per heavy atom. The molecule has 1 heterocycles. The summed E-state index contributed by atoms with van der Waals surface area (Å²) in [6.45, 7) is 0. The standard InChI is InChI=1S/C11H8FN/c1-2-3-8-7-13-11-6-9(12)4-5-10(8)11/h1,4-7,13H,3H2. The third-order valence-electron chi connectivity index (χ3n) is 2.02. The van der Waals surface area contributed by atoms with E-state index in [1.807, 2.05) is 6.20 Å². The van der Waals surface area contributed by atoms with Crippen LogP contribution in [0.15, 0.2) is 24.4 Å². The van der Waals surface area contributed by atoms with Gasteiger partial charge in [0.15, 0.2) is 0 Å². The third kappa shape index (κ3) is 1.29. The van der Waals surface area contributed by atoms with E-state index in [0.29, 0.717) is 6.42 Å². The largest absolute Gasteiger partial charge is 0.361 e. The minimum Gasteiger partial charge on any atom is -0.361 e. The fraction of sp³-hybridized carbons (Fsp3) is 0.0909. The van der Waals surface area contributed by atoms with Gasteiger partial charge < -0.3 is 4.98 Å². The molecule has 1 aromatic heterocycles. The highest BCUT2D eigenvalue weighted by Gasteiger charge is 2.02. The number of hydrogen-bond donors (Lipinski definition) is 1. The van der Waals surface area contributed by atoms with Gasteiger partial charge in [0.25, 0.3) is 0 Å². The van der Waals surface area contributed by atoms with E-state index in [0.717, 1.165) is 16.5 Å². The Morgan fingerprint density at radius 3 is 3.08 bits per heavy atom. The van der Waals surface area contributed by atoms with Gasteiger partial charge in [0.05, 0.1) is 0 Å². The predicted molar refractivity (Wildman–Crippen MR) is 50.8 cm³/mol. The first-order valence-corrected chi connectivity index (χ1v) is 4.00. The van der Waals surface area contributed by atoms with Crippen molar-refractivity contribution in [2.45, 2.75) is 6.42 Å². The first-order chi connectivity index (χ1) is 6.31. The summed E-state index contributed by atoms with van der Waals surface area (Å²) in [5.74, 6) is 2.33. The number of aromatic nitrogens is 1. The summed E-state index contributed by atoms with van der Waals surface area (Å²) in [7, 11) is 0. The Labute approximate surface area is 75.6 Å². The second-order valence-corrected chi connectivity index (χ2v) is 2.88. The quantitative estimate of drug-likeness (QED) is 0.638. The lowest BCUT2D eigenvalue weighted by molar-refractivity contribution is 0.629. The molecule has 0 spiro atoms. The molecule has 0 aliphatic heterocycles. The van der Waals surface area contributed by atoms with Crippen LogP contribution in [0.3, 0.4) is 0 Å². The molecule has 0 amide bonds. The highest BCUT2D eigenvalue weighted by atomic mass is 19.1. The molecule has 2 heteroatoms. The zero-order valence-electron chi connectivity index (χ0n) is 6.97. The summed E-state index contributed by atoms with van der Waals surface area (Å²) in [6.07, 6.45) is 7.60. The van der Waals surface area contributed by atoms with Gasteiger partial charge in [-0.3, -0.25) is 0 Å². The molecule has 0 fully saturated rings. The first-order valence-electron chi connectivity index (χ1n) is 4.00. The topological polar surface area (TPSA) is 15.8 Å². The highest BCUT2D eigenvalue weighted by Crippen LogP contribution is 2.19. The SMILES string of the molecule is C#CCc1c[nH]c2cc(F)ccc12. The van der Waals surface area contributed by atoms with Gasteiger partial charge >= 0.3 is 0 Å². The van der Waals surface area contributed by atoms with Gasteiger partial charge in [0, 0.05) is 23.5 Å². The predicted octanol–water partition coefficient (Wildman–Crippen LogP) is 2.48. The Balaban J connectivity index is 2.63. The summed E-state index contributed by atoms with van der Waals surface area (Å²) in [4.78, 5) is 2.98. The molecule has 0 saturated heterocycles. The lowest BCUT2D eigenvalue weighted by Crippen LogP contribution is -1.77. The Hall–Kier alpha value is -1.75. The molecule has 0 saturated carbocycles. The minimum absolute atomic E-state index is 0.235. The van der Waals surface area contributed by atoms with Crippen LogP contribution >= 0.6 is 0 Å². The molecule has 1 N–H and O–H groups in total. The van der Waals surface area contributed by atoms with Gasteiger partial charge in [-0.1, -0.05) is 0 Å². The molecule has 1 nitrogen and oxygen atoms in total. The van der Waals surface area contributed by atoms with Crippen molar-refractivity contribution in [1.29, 1.82) is 0 Å². The molecule has 0 radical (unpaired) electrons. The molecule has 64 valence electrons. The van der Waals surface area contributed by atoms with Crippen LogP contribution in [0.25, 0.3) is 10.9 Å². The third-order valence-corrected chi connectivity index (χ3v) is 2.02. The monoisotopic (exact) mass is 173 g/mol. The van der Waals surface area contributed by atoms with Crippen molar-refractivity contribution in [1.82, 2.24) is 4.98 Å². The molecule has 0 bridgehead atoms. The fourth-order valence-electron chi connectivity index (χ4n) is 1.41. The molecule has 0 aliphatic carbocycles. The summed E-state index contributed by atoms with van der Waals surface area (Å²) < 4.78 is 12.8. The van der Waals surface area contributed by atoms with Crippen LogP contribution < -0.4 is 0 Å². The molecule has 0 atom stereocenters. The second-order valence-electron chi connectivity index (χ2n) is 2.88. The summed E-state index contributed by atoms with van der Waals surface area (Å²) >= 11 is 0. The minimum atomic E-state index is -0.235. The van der Waals surface area contributed by atoms with Gasteiger partial charge in [0.1, 0.15) is 5.82 Å². The lowest BCUT2D eigenvalue weighted by atomic mass is 10.1. The van der Waals surface area contributed by atoms with Crippen molar-refractivity contribution >= 4 is 10.9 Å². The van der Waals surface area contributed by atoms with Crippen LogP contribution in [-0.4, -0.2) is 4.98 Å². The number of fused-ring (bicyclic) bond motifs is 1. The molecule has 1 aromatic carbocycles. The first kappa shape index (κ1) is 7.88.